The van der Waals surface area contributed by atoms with Crippen molar-refractivity contribution in [2.75, 3.05) is 7.11 Å². The molecule has 4 nitrogen and oxygen atoms in total. The number of nitrogens with zero attached hydrogens (tertiary/aromatic N) is 2. The van der Waals surface area contributed by atoms with Gasteiger partial charge in [0.2, 0.25) is 0 Å². The van der Waals surface area contributed by atoms with Crippen LogP contribution in [0.2, 0.25) is 0 Å². The number of aryl methyl sites for hydroxylation is 2. The van der Waals surface area contributed by atoms with Crippen LogP contribution in [0.1, 0.15) is 27.9 Å². The maximum absolute atomic E-state index is 5.96. The van der Waals surface area contributed by atoms with Crippen molar-refractivity contribution in [2.24, 2.45) is 4.99 Å². The summed E-state index contributed by atoms with van der Waals surface area (Å²) in [5.41, 5.74) is 7.62. The van der Waals surface area contributed by atoms with Gasteiger partial charge in [0.25, 0.3) is 0 Å². The third-order valence-electron chi connectivity index (χ3n) is 4.81. The Morgan fingerprint density at radius 1 is 1.00 bits per heavy atom. The number of ether oxygens (including phenoxy) is 2. The zero-order valence-electron chi connectivity index (χ0n) is 15.8. The molecular weight excluding hydrogens is 336 g/mol. The number of hydrogen-bond donors (Lipinski definition) is 0. The summed E-state index contributed by atoms with van der Waals surface area (Å²) in [5, 5.41) is 0. The first-order valence-corrected chi connectivity index (χ1v) is 9.02. The summed E-state index contributed by atoms with van der Waals surface area (Å²) in [7, 11) is 1.67. The van der Waals surface area contributed by atoms with Crippen molar-refractivity contribution >= 4 is 11.4 Å². The summed E-state index contributed by atoms with van der Waals surface area (Å²) in [6.07, 6.45) is 2.54. The van der Waals surface area contributed by atoms with Crippen molar-refractivity contribution in [3.05, 3.63) is 82.7 Å². The van der Waals surface area contributed by atoms with Gasteiger partial charge in [0.1, 0.15) is 18.1 Å². The highest BCUT2D eigenvalue weighted by Crippen LogP contribution is 2.31. The van der Waals surface area contributed by atoms with E-state index in [0.717, 1.165) is 51.7 Å². The molecule has 1 aliphatic rings. The lowest BCUT2D eigenvalue weighted by molar-refractivity contribution is 0.304. The minimum absolute atomic E-state index is 0.491. The number of benzene rings is 2. The van der Waals surface area contributed by atoms with E-state index >= 15 is 0 Å². The van der Waals surface area contributed by atoms with E-state index in [1.165, 1.54) is 5.56 Å². The monoisotopic (exact) mass is 358 g/mol. The molecule has 2 aromatic carbocycles. The van der Waals surface area contributed by atoms with Gasteiger partial charge in [0.15, 0.2) is 0 Å². The summed E-state index contributed by atoms with van der Waals surface area (Å²) in [5.74, 6) is 1.59. The normalized spacial score (nSPS) is 12.5. The molecule has 3 aromatic rings. The van der Waals surface area contributed by atoms with Crippen LogP contribution in [-0.2, 0) is 13.0 Å². The fraction of sp³-hybridized carbons (Fsp3) is 0.217. The zero-order chi connectivity index (χ0) is 18.8. The zero-order valence-corrected chi connectivity index (χ0v) is 15.8. The molecule has 0 amide bonds. The van der Waals surface area contributed by atoms with Crippen molar-refractivity contribution in [3.63, 3.8) is 0 Å². The quantitative estimate of drug-likeness (QED) is 0.647. The number of aromatic nitrogens is 1. The van der Waals surface area contributed by atoms with Gasteiger partial charge in [-0.3, -0.25) is 9.98 Å². The lowest BCUT2D eigenvalue weighted by atomic mass is 10.0. The molecule has 0 saturated carbocycles. The van der Waals surface area contributed by atoms with Gasteiger partial charge in [-0.15, -0.1) is 0 Å². The molecule has 136 valence electrons. The van der Waals surface area contributed by atoms with Crippen LogP contribution in [0.5, 0.6) is 11.5 Å². The first-order valence-electron chi connectivity index (χ1n) is 9.02. The van der Waals surface area contributed by atoms with Gasteiger partial charge in [0, 0.05) is 12.5 Å². The Balaban J connectivity index is 1.50. The van der Waals surface area contributed by atoms with Crippen LogP contribution >= 0.6 is 0 Å². The molecule has 27 heavy (non-hydrogen) atoms. The SMILES string of the molecule is COc1ccc(COc2cnc3c(c2)N=C(c2cccc(C)c2)C3)c(C)c1. The Morgan fingerprint density at radius 3 is 2.67 bits per heavy atom. The smallest absolute Gasteiger partial charge is 0.140 e. The van der Waals surface area contributed by atoms with E-state index in [9.17, 15) is 0 Å². The number of aliphatic imine (C=N–C) groups is 1. The van der Waals surface area contributed by atoms with Crippen LogP contribution in [-0.4, -0.2) is 17.8 Å². The second-order valence-corrected chi connectivity index (χ2v) is 6.82. The van der Waals surface area contributed by atoms with Crippen LogP contribution in [0, 0.1) is 13.8 Å². The maximum atomic E-state index is 5.96. The van der Waals surface area contributed by atoms with E-state index in [-0.39, 0.29) is 0 Å². The van der Waals surface area contributed by atoms with Crippen LogP contribution in [0.3, 0.4) is 0 Å². The largest absolute Gasteiger partial charge is 0.497 e. The lowest BCUT2D eigenvalue weighted by Crippen LogP contribution is -2.01. The predicted octanol–water partition coefficient (Wildman–Crippen LogP) is 4.96. The molecule has 0 fully saturated rings. The third kappa shape index (κ3) is 3.70. The first-order chi connectivity index (χ1) is 13.1. The highest BCUT2D eigenvalue weighted by molar-refractivity contribution is 6.06. The van der Waals surface area contributed by atoms with Crippen molar-refractivity contribution in [1.29, 1.82) is 0 Å². The van der Waals surface area contributed by atoms with Gasteiger partial charge >= 0.3 is 0 Å². The fourth-order valence-corrected chi connectivity index (χ4v) is 3.23. The van der Waals surface area contributed by atoms with Crippen molar-refractivity contribution in [3.8, 4) is 11.5 Å². The molecular formula is C23H22N2O2. The highest BCUT2D eigenvalue weighted by Gasteiger charge is 2.18. The minimum atomic E-state index is 0.491. The molecule has 0 saturated heterocycles. The molecule has 1 aliphatic heterocycles. The van der Waals surface area contributed by atoms with E-state index in [1.807, 2.05) is 24.3 Å². The van der Waals surface area contributed by atoms with Crippen molar-refractivity contribution < 1.29 is 9.47 Å². The van der Waals surface area contributed by atoms with Crippen LogP contribution in [0.25, 0.3) is 0 Å². The molecule has 0 aliphatic carbocycles. The van der Waals surface area contributed by atoms with Crippen LogP contribution in [0.15, 0.2) is 59.7 Å². The molecule has 0 atom stereocenters. The summed E-state index contributed by atoms with van der Waals surface area (Å²) in [6, 6.07) is 16.4. The number of hydrogen-bond acceptors (Lipinski definition) is 4. The molecule has 0 radical (unpaired) electrons. The summed E-state index contributed by atoms with van der Waals surface area (Å²) >= 11 is 0. The second kappa shape index (κ2) is 7.23. The molecule has 1 aromatic heterocycles. The standard InChI is InChI=1S/C23H22N2O2/c1-15-5-4-6-17(9-15)21-12-22-23(25-21)11-20(13-24-22)27-14-18-7-8-19(26-3)10-16(18)2/h4-11,13H,12,14H2,1-3H3. The van der Waals surface area contributed by atoms with Crippen molar-refractivity contribution in [2.45, 2.75) is 26.9 Å². The number of methoxy groups -OCH3 is 1. The molecule has 0 N–H and O–H groups in total. The van der Waals surface area contributed by atoms with E-state index < -0.39 is 0 Å². The second-order valence-electron chi connectivity index (χ2n) is 6.82. The summed E-state index contributed by atoms with van der Waals surface area (Å²) in [6.45, 7) is 4.64. The molecule has 0 unspecified atom stereocenters. The summed E-state index contributed by atoms with van der Waals surface area (Å²) < 4.78 is 11.2. The van der Waals surface area contributed by atoms with E-state index in [2.05, 4.69) is 43.1 Å². The molecule has 0 bridgehead atoms. The Bertz CT molecular complexity index is 1020. The lowest BCUT2D eigenvalue weighted by Gasteiger charge is -2.10. The van der Waals surface area contributed by atoms with E-state index in [4.69, 9.17) is 14.5 Å². The Kier molecular flexibility index (Phi) is 4.63. The highest BCUT2D eigenvalue weighted by atomic mass is 16.5. The van der Waals surface area contributed by atoms with E-state index in [0.29, 0.717) is 6.61 Å². The fourth-order valence-electron chi connectivity index (χ4n) is 3.23. The topological polar surface area (TPSA) is 43.7 Å². The Hall–Kier alpha value is -3.14. The number of rotatable bonds is 5. The average molecular weight is 358 g/mol. The maximum Gasteiger partial charge on any atom is 0.140 e. The van der Waals surface area contributed by atoms with Gasteiger partial charge in [-0.05, 0) is 42.7 Å². The Morgan fingerprint density at radius 2 is 1.89 bits per heavy atom. The number of pyridine rings is 1. The molecule has 2 heterocycles. The predicted molar refractivity (Wildman–Crippen MR) is 107 cm³/mol. The first kappa shape index (κ1) is 17.3. The van der Waals surface area contributed by atoms with Gasteiger partial charge in [-0.2, -0.15) is 0 Å². The molecule has 4 rings (SSSR count). The molecule has 4 heteroatoms. The van der Waals surface area contributed by atoms with Gasteiger partial charge in [-0.1, -0.05) is 35.9 Å². The van der Waals surface area contributed by atoms with Crippen LogP contribution < -0.4 is 9.47 Å². The van der Waals surface area contributed by atoms with Crippen molar-refractivity contribution in [1.82, 2.24) is 4.98 Å². The number of fused-ring (bicyclic) bond motifs is 1. The van der Waals surface area contributed by atoms with Crippen LogP contribution in [0.4, 0.5) is 5.69 Å². The molecule has 0 spiro atoms. The minimum Gasteiger partial charge on any atom is -0.497 e. The van der Waals surface area contributed by atoms with Gasteiger partial charge in [0.05, 0.1) is 30.4 Å². The third-order valence-corrected chi connectivity index (χ3v) is 4.81. The van der Waals surface area contributed by atoms with Gasteiger partial charge in [-0.25, -0.2) is 0 Å². The summed E-state index contributed by atoms with van der Waals surface area (Å²) in [4.78, 5) is 9.34. The van der Waals surface area contributed by atoms with E-state index in [1.54, 1.807) is 13.3 Å². The van der Waals surface area contributed by atoms with Gasteiger partial charge < -0.3 is 9.47 Å². The Labute approximate surface area is 159 Å². The average Bonchev–Trinajstić information content (AvgIpc) is 3.10.